The van der Waals surface area contributed by atoms with Crippen LogP contribution in [-0.4, -0.2) is 9.97 Å². The van der Waals surface area contributed by atoms with Crippen LogP contribution in [0.4, 0.5) is 0 Å². The van der Waals surface area contributed by atoms with E-state index in [0.717, 1.165) is 15.8 Å². The van der Waals surface area contributed by atoms with Crippen molar-refractivity contribution in [3.63, 3.8) is 0 Å². The van der Waals surface area contributed by atoms with Gasteiger partial charge in [0.2, 0.25) is 0 Å². The Morgan fingerprint density at radius 1 is 0.952 bits per heavy atom. The van der Waals surface area contributed by atoms with E-state index in [1.54, 1.807) is 6.07 Å². The maximum atomic E-state index is 6.28. The van der Waals surface area contributed by atoms with Gasteiger partial charge in [0.1, 0.15) is 16.1 Å². The first-order chi connectivity index (χ1) is 10.0. The Labute approximate surface area is 140 Å². The van der Waals surface area contributed by atoms with Crippen molar-refractivity contribution in [3.8, 4) is 22.7 Å². The molecule has 0 radical (unpaired) electrons. The highest BCUT2D eigenvalue weighted by atomic mass is 79.9. The zero-order valence-electron chi connectivity index (χ0n) is 10.9. The number of halogens is 3. The Kier molecular flexibility index (Phi) is 4.02. The van der Waals surface area contributed by atoms with Crippen LogP contribution in [0.1, 0.15) is 5.76 Å². The molecule has 0 saturated heterocycles. The van der Waals surface area contributed by atoms with Crippen LogP contribution in [0.2, 0.25) is 10.3 Å². The van der Waals surface area contributed by atoms with Crippen LogP contribution in [0.5, 0.6) is 0 Å². The molecule has 21 heavy (non-hydrogen) atoms. The molecule has 0 N–H and O–H groups in total. The normalized spacial score (nSPS) is 10.9. The lowest BCUT2D eigenvalue weighted by molar-refractivity contribution is 0.544. The van der Waals surface area contributed by atoms with Gasteiger partial charge in [0.05, 0.1) is 5.56 Å². The largest absolute Gasteiger partial charge is 0.458 e. The predicted octanol–water partition coefficient (Wildman–Crippen LogP) is 5.78. The lowest BCUT2D eigenvalue weighted by atomic mass is 10.1. The summed E-state index contributed by atoms with van der Waals surface area (Å²) in [5.41, 5.74) is 1.47. The van der Waals surface area contributed by atoms with Crippen LogP contribution in [0.3, 0.4) is 0 Å². The number of nitrogens with zero attached hydrogens (tertiary/aromatic N) is 2. The van der Waals surface area contributed by atoms with Crippen molar-refractivity contribution in [2.24, 2.45) is 0 Å². The summed E-state index contributed by atoms with van der Waals surface area (Å²) in [6.45, 7) is 1.85. The molecule has 0 aliphatic heterocycles. The van der Waals surface area contributed by atoms with Crippen molar-refractivity contribution in [1.29, 1.82) is 0 Å². The number of benzene rings is 1. The van der Waals surface area contributed by atoms with Gasteiger partial charge in [-0.2, -0.15) is 0 Å². The molecular formula is C15H9BrCl2N2O. The Balaban J connectivity index is 2.10. The van der Waals surface area contributed by atoms with Gasteiger partial charge < -0.3 is 4.42 Å². The number of hydrogen-bond donors (Lipinski definition) is 0. The topological polar surface area (TPSA) is 38.9 Å². The second-order valence-electron chi connectivity index (χ2n) is 4.42. The molecule has 0 saturated carbocycles. The third-order valence-corrected chi connectivity index (χ3v) is 3.99. The van der Waals surface area contributed by atoms with E-state index in [9.17, 15) is 0 Å². The van der Waals surface area contributed by atoms with Crippen LogP contribution >= 0.6 is 39.1 Å². The molecule has 6 heteroatoms. The van der Waals surface area contributed by atoms with Crippen molar-refractivity contribution in [2.75, 3.05) is 0 Å². The van der Waals surface area contributed by atoms with Gasteiger partial charge in [-0.05, 0) is 36.8 Å². The molecule has 0 spiro atoms. The maximum Gasteiger partial charge on any atom is 0.198 e. The second-order valence-corrected chi connectivity index (χ2v) is 6.05. The summed E-state index contributed by atoms with van der Waals surface area (Å²) in [4.78, 5) is 8.56. The van der Waals surface area contributed by atoms with Crippen molar-refractivity contribution < 1.29 is 4.42 Å². The average Bonchev–Trinajstić information content (AvgIpc) is 2.87. The summed E-state index contributed by atoms with van der Waals surface area (Å²) in [5, 5.41) is 0.586. The van der Waals surface area contributed by atoms with Crippen LogP contribution < -0.4 is 0 Å². The fourth-order valence-electron chi connectivity index (χ4n) is 1.93. The molecule has 3 aromatic rings. The minimum Gasteiger partial charge on any atom is -0.458 e. The molecule has 0 amide bonds. The lowest BCUT2D eigenvalue weighted by Crippen LogP contribution is -1.93. The fraction of sp³-hybridized carbons (Fsp3) is 0.0667. The number of furan rings is 1. The van der Waals surface area contributed by atoms with Crippen LogP contribution in [0.15, 0.2) is 45.3 Å². The number of hydrogen-bond acceptors (Lipinski definition) is 3. The summed E-state index contributed by atoms with van der Waals surface area (Å²) in [5.74, 6) is 1.69. The Morgan fingerprint density at radius 2 is 1.57 bits per heavy atom. The smallest absolute Gasteiger partial charge is 0.198 e. The Bertz CT molecular complexity index is 777. The highest BCUT2D eigenvalue weighted by Crippen LogP contribution is 2.34. The maximum absolute atomic E-state index is 6.28. The van der Waals surface area contributed by atoms with E-state index in [2.05, 4.69) is 25.9 Å². The van der Waals surface area contributed by atoms with E-state index in [4.69, 9.17) is 27.6 Å². The Morgan fingerprint density at radius 3 is 2.10 bits per heavy atom. The minimum absolute atomic E-state index is 0.293. The summed E-state index contributed by atoms with van der Waals surface area (Å²) < 4.78 is 6.47. The monoisotopic (exact) mass is 382 g/mol. The van der Waals surface area contributed by atoms with Gasteiger partial charge >= 0.3 is 0 Å². The molecule has 0 unspecified atom stereocenters. The van der Waals surface area contributed by atoms with E-state index in [1.807, 2.05) is 37.3 Å². The van der Waals surface area contributed by atoms with Gasteiger partial charge in [-0.1, -0.05) is 51.3 Å². The first-order valence-electron chi connectivity index (χ1n) is 6.10. The van der Waals surface area contributed by atoms with E-state index in [-0.39, 0.29) is 0 Å². The van der Waals surface area contributed by atoms with Gasteiger partial charge in [-0.15, -0.1) is 0 Å². The van der Waals surface area contributed by atoms with Crippen LogP contribution in [0.25, 0.3) is 22.7 Å². The summed E-state index contributed by atoms with van der Waals surface area (Å²) in [7, 11) is 0. The number of aromatic nitrogens is 2. The van der Waals surface area contributed by atoms with Crippen molar-refractivity contribution in [2.45, 2.75) is 6.92 Å². The molecule has 0 atom stereocenters. The van der Waals surface area contributed by atoms with Gasteiger partial charge in [0.25, 0.3) is 0 Å². The van der Waals surface area contributed by atoms with Gasteiger partial charge in [0.15, 0.2) is 11.6 Å². The molecule has 0 bridgehead atoms. The first-order valence-corrected chi connectivity index (χ1v) is 7.65. The van der Waals surface area contributed by atoms with Crippen molar-refractivity contribution >= 4 is 39.1 Å². The molecule has 106 valence electrons. The number of aryl methyl sites for hydroxylation is 1. The predicted molar refractivity (Wildman–Crippen MR) is 87.6 cm³/mol. The minimum atomic E-state index is 0.293. The second kappa shape index (κ2) is 5.79. The molecule has 1 aromatic carbocycles. The molecule has 3 rings (SSSR count). The molecule has 0 aliphatic rings. The van der Waals surface area contributed by atoms with E-state index in [1.165, 1.54) is 0 Å². The lowest BCUT2D eigenvalue weighted by Gasteiger charge is -2.07. The van der Waals surface area contributed by atoms with Crippen molar-refractivity contribution in [1.82, 2.24) is 9.97 Å². The van der Waals surface area contributed by atoms with Crippen LogP contribution in [0, 0.1) is 6.92 Å². The fourth-order valence-corrected chi connectivity index (χ4v) is 2.80. The molecule has 2 aromatic heterocycles. The molecule has 0 aliphatic carbocycles. The van der Waals surface area contributed by atoms with Gasteiger partial charge in [-0.3, -0.25) is 0 Å². The van der Waals surface area contributed by atoms with Gasteiger partial charge in [0, 0.05) is 4.47 Å². The van der Waals surface area contributed by atoms with Crippen LogP contribution in [-0.2, 0) is 0 Å². The molecular weight excluding hydrogens is 375 g/mol. The van der Waals surface area contributed by atoms with E-state index < -0.39 is 0 Å². The van der Waals surface area contributed by atoms with Gasteiger partial charge in [-0.25, -0.2) is 9.97 Å². The first kappa shape index (κ1) is 14.6. The third kappa shape index (κ3) is 2.98. The highest BCUT2D eigenvalue weighted by Gasteiger charge is 2.16. The molecule has 2 heterocycles. The number of rotatable bonds is 2. The summed E-state index contributed by atoms with van der Waals surface area (Å²) in [6.07, 6.45) is 0. The quantitative estimate of drug-likeness (QED) is 0.526. The third-order valence-electron chi connectivity index (χ3n) is 2.91. The standard InChI is InChI=1S/C15H9BrCl2N2O/c1-8-2-7-11(21-8)15-19-13(17)12(14(18)20-15)9-3-5-10(16)6-4-9/h2-7H,1H3. The molecule has 3 nitrogen and oxygen atoms in total. The summed E-state index contributed by atoms with van der Waals surface area (Å²) in [6, 6.07) is 11.2. The average molecular weight is 384 g/mol. The molecule has 0 fully saturated rings. The van der Waals surface area contributed by atoms with E-state index >= 15 is 0 Å². The SMILES string of the molecule is Cc1ccc(-c2nc(Cl)c(-c3ccc(Br)cc3)c(Cl)n2)o1. The zero-order valence-corrected chi connectivity index (χ0v) is 14.0. The summed E-state index contributed by atoms with van der Waals surface area (Å²) >= 11 is 15.9. The van der Waals surface area contributed by atoms with Crippen molar-refractivity contribution in [3.05, 3.63) is 56.9 Å². The Hall–Kier alpha value is -1.36. The highest BCUT2D eigenvalue weighted by molar-refractivity contribution is 9.10. The van der Waals surface area contributed by atoms with E-state index in [0.29, 0.717) is 27.5 Å². The zero-order chi connectivity index (χ0) is 15.0.